The summed E-state index contributed by atoms with van der Waals surface area (Å²) in [6.07, 6.45) is 0. The normalized spacial score (nSPS) is 11.0. The van der Waals surface area contributed by atoms with Gasteiger partial charge in [0.2, 0.25) is 0 Å². The summed E-state index contributed by atoms with van der Waals surface area (Å²) in [7, 11) is 0. The number of pyridine rings is 1. The third kappa shape index (κ3) is 2.87. The van der Waals surface area contributed by atoms with Crippen LogP contribution in [0.25, 0.3) is 33.2 Å². The number of H-pyrrole nitrogens is 1. The molecule has 2 heteroatoms. The largest absolute Gasteiger partial charge is 0.321 e. The van der Waals surface area contributed by atoms with Crippen LogP contribution in [0.1, 0.15) is 11.1 Å². The van der Waals surface area contributed by atoms with E-state index in [-0.39, 0.29) is 5.56 Å². The molecule has 0 aliphatic rings. The number of rotatable bonds is 2. The van der Waals surface area contributed by atoms with Gasteiger partial charge in [-0.2, -0.15) is 0 Å². The highest BCUT2D eigenvalue weighted by atomic mass is 16.1. The van der Waals surface area contributed by atoms with E-state index in [0.29, 0.717) is 0 Å². The molecule has 2 nitrogen and oxygen atoms in total. The standard InChI is InChI=1S/C23H19NO/c1-15-11-20-14-22(24-23(25)21(20)12-16(15)2)19-10-6-9-18(13-19)17-7-4-3-5-8-17/h3-14H,1-2H3,(H,24,25). The average molecular weight is 325 g/mol. The fourth-order valence-corrected chi connectivity index (χ4v) is 3.19. The Morgan fingerprint density at radius 1 is 0.680 bits per heavy atom. The summed E-state index contributed by atoms with van der Waals surface area (Å²) in [6.45, 7) is 4.11. The van der Waals surface area contributed by atoms with Crippen LogP contribution in [0.4, 0.5) is 0 Å². The molecule has 0 aliphatic heterocycles. The smallest absolute Gasteiger partial charge is 0.256 e. The third-order valence-corrected chi connectivity index (χ3v) is 4.74. The van der Waals surface area contributed by atoms with E-state index in [4.69, 9.17) is 0 Å². The molecule has 0 saturated carbocycles. The van der Waals surface area contributed by atoms with Crippen LogP contribution in [0.15, 0.2) is 77.6 Å². The molecule has 0 unspecified atom stereocenters. The molecule has 0 aliphatic carbocycles. The number of hydrogen-bond acceptors (Lipinski definition) is 1. The summed E-state index contributed by atoms with van der Waals surface area (Å²) < 4.78 is 0. The summed E-state index contributed by atoms with van der Waals surface area (Å²) in [5.41, 5.74) is 6.45. The van der Waals surface area contributed by atoms with Gasteiger partial charge in [0.15, 0.2) is 0 Å². The van der Waals surface area contributed by atoms with Crippen LogP contribution in [0.2, 0.25) is 0 Å². The number of aromatic amines is 1. The van der Waals surface area contributed by atoms with Crippen LogP contribution < -0.4 is 5.56 Å². The van der Waals surface area contributed by atoms with E-state index < -0.39 is 0 Å². The van der Waals surface area contributed by atoms with Gasteiger partial charge in [-0.1, -0.05) is 54.6 Å². The lowest BCUT2D eigenvalue weighted by Crippen LogP contribution is -2.07. The lowest BCUT2D eigenvalue weighted by molar-refractivity contribution is 1.26. The van der Waals surface area contributed by atoms with E-state index >= 15 is 0 Å². The van der Waals surface area contributed by atoms with Crippen molar-refractivity contribution in [2.75, 3.05) is 0 Å². The predicted molar refractivity (Wildman–Crippen MR) is 105 cm³/mol. The van der Waals surface area contributed by atoms with Crippen molar-refractivity contribution >= 4 is 10.8 Å². The highest BCUT2D eigenvalue weighted by Crippen LogP contribution is 2.26. The van der Waals surface area contributed by atoms with Crippen LogP contribution in [-0.2, 0) is 0 Å². The van der Waals surface area contributed by atoms with Gasteiger partial charge in [-0.05, 0) is 65.3 Å². The molecule has 0 radical (unpaired) electrons. The monoisotopic (exact) mass is 325 g/mol. The molecule has 0 bridgehead atoms. The number of aryl methyl sites for hydroxylation is 2. The molecule has 0 atom stereocenters. The van der Waals surface area contributed by atoms with E-state index in [1.165, 1.54) is 11.1 Å². The number of benzene rings is 3. The highest BCUT2D eigenvalue weighted by Gasteiger charge is 2.07. The third-order valence-electron chi connectivity index (χ3n) is 4.74. The first-order valence-electron chi connectivity index (χ1n) is 8.42. The summed E-state index contributed by atoms with van der Waals surface area (Å²) >= 11 is 0. The predicted octanol–water partition coefficient (Wildman–Crippen LogP) is 5.48. The van der Waals surface area contributed by atoms with Crippen molar-refractivity contribution in [1.82, 2.24) is 4.98 Å². The first-order valence-corrected chi connectivity index (χ1v) is 8.42. The minimum absolute atomic E-state index is 0.0410. The van der Waals surface area contributed by atoms with E-state index in [2.05, 4.69) is 48.3 Å². The molecule has 25 heavy (non-hydrogen) atoms. The van der Waals surface area contributed by atoms with Gasteiger partial charge in [-0.3, -0.25) is 4.79 Å². The van der Waals surface area contributed by atoms with Crippen LogP contribution >= 0.6 is 0 Å². The first-order chi connectivity index (χ1) is 12.1. The van der Waals surface area contributed by atoms with Crippen molar-refractivity contribution < 1.29 is 0 Å². The summed E-state index contributed by atoms with van der Waals surface area (Å²) in [6, 6.07) is 24.6. The van der Waals surface area contributed by atoms with Crippen LogP contribution in [-0.4, -0.2) is 4.98 Å². The van der Waals surface area contributed by atoms with Crippen molar-refractivity contribution in [1.29, 1.82) is 0 Å². The summed E-state index contributed by atoms with van der Waals surface area (Å²) in [5, 5.41) is 1.72. The van der Waals surface area contributed by atoms with Crippen LogP contribution in [0, 0.1) is 13.8 Å². The quantitative estimate of drug-likeness (QED) is 0.520. The van der Waals surface area contributed by atoms with Gasteiger partial charge in [-0.25, -0.2) is 0 Å². The van der Waals surface area contributed by atoms with Gasteiger partial charge in [0.25, 0.3) is 5.56 Å². The second-order valence-electron chi connectivity index (χ2n) is 6.48. The molecular formula is C23H19NO. The molecule has 4 aromatic rings. The second-order valence-corrected chi connectivity index (χ2v) is 6.48. The Bertz CT molecular complexity index is 1120. The van der Waals surface area contributed by atoms with Crippen LogP contribution in [0.5, 0.6) is 0 Å². The van der Waals surface area contributed by atoms with Gasteiger partial charge in [0.1, 0.15) is 0 Å². The van der Waals surface area contributed by atoms with Crippen LogP contribution in [0.3, 0.4) is 0 Å². The molecule has 1 heterocycles. The zero-order valence-electron chi connectivity index (χ0n) is 14.3. The molecule has 1 N–H and O–H groups in total. The topological polar surface area (TPSA) is 32.9 Å². The molecule has 0 saturated heterocycles. The van der Waals surface area contributed by atoms with Crippen molar-refractivity contribution in [3.05, 3.63) is 94.3 Å². The maximum Gasteiger partial charge on any atom is 0.256 e. The zero-order chi connectivity index (χ0) is 17.4. The number of hydrogen-bond donors (Lipinski definition) is 1. The molecule has 0 fully saturated rings. The maximum atomic E-state index is 12.5. The number of aromatic nitrogens is 1. The summed E-state index contributed by atoms with van der Waals surface area (Å²) in [5.74, 6) is 0. The fourth-order valence-electron chi connectivity index (χ4n) is 3.19. The molecular weight excluding hydrogens is 306 g/mol. The molecule has 1 aromatic heterocycles. The highest BCUT2D eigenvalue weighted by molar-refractivity contribution is 5.87. The molecule has 122 valence electrons. The Balaban J connectivity index is 1.88. The number of nitrogens with one attached hydrogen (secondary N) is 1. The maximum absolute atomic E-state index is 12.5. The minimum atomic E-state index is -0.0410. The molecule has 0 amide bonds. The lowest BCUT2D eigenvalue weighted by atomic mass is 9.99. The Hall–Kier alpha value is -3.13. The van der Waals surface area contributed by atoms with Gasteiger partial charge < -0.3 is 4.98 Å². The van der Waals surface area contributed by atoms with Gasteiger partial charge in [0.05, 0.1) is 0 Å². The Labute approximate surface area is 146 Å². The van der Waals surface area contributed by atoms with E-state index in [0.717, 1.165) is 33.2 Å². The van der Waals surface area contributed by atoms with Gasteiger partial charge in [-0.15, -0.1) is 0 Å². The van der Waals surface area contributed by atoms with E-state index in [1.807, 2.05) is 43.3 Å². The van der Waals surface area contributed by atoms with E-state index in [1.54, 1.807) is 0 Å². The zero-order valence-corrected chi connectivity index (χ0v) is 14.3. The van der Waals surface area contributed by atoms with Crippen molar-refractivity contribution in [3.8, 4) is 22.4 Å². The molecule has 4 rings (SSSR count). The van der Waals surface area contributed by atoms with Gasteiger partial charge in [0, 0.05) is 11.1 Å². The molecule has 0 spiro atoms. The lowest BCUT2D eigenvalue weighted by Gasteiger charge is -2.09. The summed E-state index contributed by atoms with van der Waals surface area (Å²) in [4.78, 5) is 15.6. The SMILES string of the molecule is Cc1cc2cc(-c3cccc(-c4ccccc4)c3)[nH]c(=O)c2cc1C. The van der Waals surface area contributed by atoms with Crippen molar-refractivity contribution in [2.45, 2.75) is 13.8 Å². The van der Waals surface area contributed by atoms with Crippen molar-refractivity contribution in [3.63, 3.8) is 0 Å². The van der Waals surface area contributed by atoms with Crippen molar-refractivity contribution in [2.24, 2.45) is 0 Å². The second kappa shape index (κ2) is 6.06. The average Bonchev–Trinajstić information content (AvgIpc) is 2.64. The van der Waals surface area contributed by atoms with Gasteiger partial charge >= 0.3 is 0 Å². The fraction of sp³-hybridized carbons (Fsp3) is 0.0870. The molecule has 3 aromatic carbocycles. The number of fused-ring (bicyclic) bond motifs is 1. The minimum Gasteiger partial charge on any atom is -0.321 e. The first kappa shape index (κ1) is 15.4. The van der Waals surface area contributed by atoms with E-state index in [9.17, 15) is 4.79 Å². The Morgan fingerprint density at radius 3 is 2.16 bits per heavy atom. The Kier molecular flexibility index (Phi) is 3.73. The Morgan fingerprint density at radius 2 is 1.36 bits per heavy atom.